The number of amides is 1. The fourth-order valence-corrected chi connectivity index (χ4v) is 1.91. The van der Waals surface area contributed by atoms with Gasteiger partial charge in [0.1, 0.15) is 5.58 Å². The summed E-state index contributed by atoms with van der Waals surface area (Å²) in [5.74, 6) is -0.240. The van der Waals surface area contributed by atoms with Crippen LogP contribution in [0.2, 0.25) is 0 Å². The van der Waals surface area contributed by atoms with E-state index in [2.05, 4.69) is 10.5 Å². The molecule has 4 heteroatoms. The SMILES string of the molecule is O=C(NN=c1ccoc2ccccc12)c1ccccc1. The number of rotatable bonds is 2. The molecule has 0 aliphatic rings. The maximum absolute atomic E-state index is 11.9. The van der Waals surface area contributed by atoms with Gasteiger partial charge in [0.05, 0.1) is 11.6 Å². The Morgan fingerprint density at radius 2 is 1.70 bits per heavy atom. The lowest BCUT2D eigenvalue weighted by atomic mass is 10.2. The van der Waals surface area contributed by atoms with Crippen molar-refractivity contribution in [2.75, 3.05) is 0 Å². The molecule has 0 atom stereocenters. The highest BCUT2D eigenvalue weighted by Gasteiger charge is 2.02. The number of para-hydroxylation sites is 1. The second kappa shape index (κ2) is 5.40. The Balaban J connectivity index is 1.94. The van der Waals surface area contributed by atoms with Crippen molar-refractivity contribution in [3.63, 3.8) is 0 Å². The zero-order valence-corrected chi connectivity index (χ0v) is 10.6. The summed E-state index contributed by atoms with van der Waals surface area (Å²) >= 11 is 0. The third-order valence-electron chi connectivity index (χ3n) is 2.90. The smallest absolute Gasteiger partial charge is 0.271 e. The summed E-state index contributed by atoms with van der Waals surface area (Å²) in [5, 5.41) is 5.66. The largest absolute Gasteiger partial charge is 0.464 e. The van der Waals surface area contributed by atoms with Crippen molar-refractivity contribution in [1.29, 1.82) is 0 Å². The van der Waals surface area contributed by atoms with E-state index >= 15 is 0 Å². The summed E-state index contributed by atoms with van der Waals surface area (Å²) < 4.78 is 5.37. The van der Waals surface area contributed by atoms with Crippen LogP contribution in [0.5, 0.6) is 0 Å². The van der Waals surface area contributed by atoms with Crippen molar-refractivity contribution in [2.45, 2.75) is 0 Å². The number of fused-ring (bicyclic) bond motifs is 1. The van der Waals surface area contributed by atoms with Gasteiger partial charge in [-0.3, -0.25) is 4.79 Å². The minimum absolute atomic E-state index is 0.240. The van der Waals surface area contributed by atoms with Crippen molar-refractivity contribution in [1.82, 2.24) is 5.43 Å². The lowest BCUT2D eigenvalue weighted by molar-refractivity contribution is 0.0953. The van der Waals surface area contributed by atoms with Crippen molar-refractivity contribution < 1.29 is 9.21 Å². The number of carbonyl (C=O) groups is 1. The molecule has 3 rings (SSSR count). The topological polar surface area (TPSA) is 54.6 Å². The van der Waals surface area contributed by atoms with Crippen LogP contribution >= 0.6 is 0 Å². The third kappa shape index (κ3) is 2.44. The van der Waals surface area contributed by atoms with E-state index < -0.39 is 0 Å². The van der Waals surface area contributed by atoms with Crippen molar-refractivity contribution >= 4 is 16.9 Å². The van der Waals surface area contributed by atoms with Gasteiger partial charge in [0.15, 0.2) is 0 Å². The molecule has 0 unspecified atom stereocenters. The maximum Gasteiger partial charge on any atom is 0.271 e. The molecule has 1 amide bonds. The van der Waals surface area contributed by atoms with E-state index in [-0.39, 0.29) is 5.91 Å². The number of nitrogens with zero attached hydrogens (tertiary/aromatic N) is 1. The molecule has 2 aromatic carbocycles. The molecule has 98 valence electrons. The first kappa shape index (κ1) is 12.2. The first-order valence-electron chi connectivity index (χ1n) is 6.20. The van der Waals surface area contributed by atoms with E-state index in [0.29, 0.717) is 10.9 Å². The van der Waals surface area contributed by atoms with Gasteiger partial charge in [-0.05, 0) is 24.3 Å². The van der Waals surface area contributed by atoms with Gasteiger partial charge in [-0.2, -0.15) is 5.10 Å². The van der Waals surface area contributed by atoms with E-state index in [9.17, 15) is 4.79 Å². The predicted molar refractivity (Wildman–Crippen MR) is 75.7 cm³/mol. The Labute approximate surface area is 115 Å². The van der Waals surface area contributed by atoms with Crippen LogP contribution in [0.4, 0.5) is 0 Å². The third-order valence-corrected chi connectivity index (χ3v) is 2.90. The molecule has 0 saturated heterocycles. The number of nitrogens with one attached hydrogen (secondary N) is 1. The van der Waals surface area contributed by atoms with Crippen molar-refractivity contribution in [2.24, 2.45) is 5.10 Å². The molecule has 0 radical (unpaired) electrons. The van der Waals surface area contributed by atoms with E-state index in [4.69, 9.17) is 4.42 Å². The van der Waals surface area contributed by atoms with E-state index in [0.717, 1.165) is 11.0 Å². The number of carbonyl (C=O) groups excluding carboxylic acids is 1. The Kier molecular flexibility index (Phi) is 3.29. The average Bonchev–Trinajstić information content (AvgIpc) is 2.53. The molecule has 0 fully saturated rings. The monoisotopic (exact) mass is 264 g/mol. The normalized spacial score (nSPS) is 11.5. The Morgan fingerprint density at radius 3 is 2.55 bits per heavy atom. The Hall–Kier alpha value is -2.88. The Bertz CT molecular complexity index is 802. The number of benzene rings is 2. The van der Waals surface area contributed by atoms with Crippen molar-refractivity contribution in [3.8, 4) is 0 Å². The summed E-state index contributed by atoms with van der Waals surface area (Å²) in [7, 11) is 0. The molecule has 0 bridgehead atoms. The van der Waals surface area contributed by atoms with E-state index in [1.54, 1.807) is 24.5 Å². The minimum atomic E-state index is -0.240. The molecule has 3 aromatic rings. The summed E-state index contributed by atoms with van der Waals surface area (Å²) in [6, 6.07) is 18.2. The first-order valence-corrected chi connectivity index (χ1v) is 6.20. The van der Waals surface area contributed by atoms with Crippen LogP contribution in [0.15, 0.2) is 76.4 Å². The van der Waals surface area contributed by atoms with E-state index in [1.807, 2.05) is 42.5 Å². The predicted octanol–water partition coefficient (Wildman–Crippen LogP) is 2.68. The highest BCUT2D eigenvalue weighted by Crippen LogP contribution is 2.07. The van der Waals surface area contributed by atoms with Gasteiger partial charge in [0.2, 0.25) is 0 Å². The van der Waals surface area contributed by atoms with Gasteiger partial charge in [-0.1, -0.05) is 30.3 Å². The molecule has 1 heterocycles. The van der Waals surface area contributed by atoms with E-state index in [1.165, 1.54) is 0 Å². The average molecular weight is 264 g/mol. The fraction of sp³-hybridized carbons (Fsp3) is 0. The second-order valence-electron chi connectivity index (χ2n) is 4.22. The zero-order valence-electron chi connectivity index (χ0n) is 10.6. The lowest BCUT2D eigenvalue weighted by Crippen LogP contribution is -2.21. The second-order valence-corrected chi connectivity index (χ2v) is 4.22. The molecular weight excluding hydrogens is 252 g/mol. The summed E-state index contributed by atoms with van der Waals surface area (Å²) in [5.41, 5.74) is 3.85. The minimum Gasteiger partial charge on any atom is -0.464 e. The van der Waals surface area contributed by atoms with Gasteiger partial charge in [-0.15, -0.1) is 0 Å². The molecule has 1 N–H and O–H groups in total. The highest BCUT2D eigenvalue weighted by atomic mass is 16.3. The number of hydrogen-bond acceptors (Lipinski definition) is 3. The molecule has 1 aromatic heterocycles. The summed E-state index contributed by atoms with van der Waals surface area (Å²) in [4.78, 5) is 11.9. The van der Waals surface area contributed by atoms with Crippen LogP contribution in [0.1, 0.15) is 10.4 Å². The quantitative estimate of drug-likeness (QED) is 0.723. The van der Waals surface area contributed by atoms with Crippen molar-refractivity contribution in [3.05, 3.63) is 77.8 Å². The van der Waals surface area contributed by atoms with Crippen LogP contribution in [-0.2, 0) is 0 Å². The molecule has 0 aliphatic carbocycles. The van der Waals surface area contributed by atoms with Crippen LogP contribution in [-0.4, -0.2) is 5.91 Å². The molecule has 4 nitrogen and oxygen atoms in total. The lowest BCUT2D eigenvalue weighted by Gasteiger charge is -2.00. The molecule has 20 heavy (non-hydrogen) atoms. The number of hydrogen-bond donors (Lipinski definition) is 1. The van der Waals surface area contributed by atoms with Crippen LogP contribution < -0.4 is 10.8 Å². The molecule has 0 spiro atoms. The van der Waals surface area contributed by atoms with Gasteiger partial charge < -0.3 is 4.42 Å². The fourth-order valence-electron chi connectivity index (χ4n) is 1.91. The molecule has 0 saturated carbocycles. The highest BCUT2D eigenvalue weighted by molar-refractivity contribution is 5.93. The van der Waals surface area contributed by atoms with Crippen LogP contribution in [0.3, 0.4) is 0 Å². The van der Waals surface area contributed by atoms with Crippen LogP contribution in [0, 0.1) is 0 Å². The molecular formula is C16H12N2O2. The Morgan fingerprint density at radius 1 is 0.950 bits per heavy atom. The molecule has 0 aliphatic heterocycles. The first-order chi connectivity index (χ1) is 9.84. The summed E-state index contributed by atoms with van der Waals surface area (Å²) in [6.07, 6.45) is 1.55. The van der Waals surface area contributed by atoms with Gasteiger partial charge in [-0.25, -0.2) is 5.43 Å². The van der Waals surface area contributed by atoms with Gasteiger partial charge in [0.25, 0.3) is 5.91 Å². The zero-order chi connectivity index (χ0) is 13.8. The van der Waals surface area contributed by atoms with Gasteiger partial charge in [0, 0.05) is 17.0 Å². The maximum atomic E-state index is 11.9. The standard InChI is InChI=1S/C16H12N2O2/c19-16(12-6-2-1-3-7-12)18-17-14-10-11-20-15-9-5-4-8-13(14)15/h1-11H,(H,18,19). The van der Waals surface area contributed by atoms with Gasteiger partial charge >= 0.3 is 0 Å². The summed E-state index contributed by atoms with van der Waals surface area (Å²) in [6.45, 7) is 0. The van der Waals surface area contributed by atoms with Crippen LogP contribution in [0.25, 0.3) is 11.0 Å².